The monoisotopic (exact) mass is 285 g/mol. The zero-order valence-corrected chi connectivity index (χ0v) is 13.0. The minimum absolute atomic E-state index is 0.0502. The molecule has 19 heavy (non-hydrogen) atoms. The summed E-state index contributed by atoms with van der Waals surface area (Å²) in [5.74, 6) is 0.900. The van der Waals surface area contributed by atoms with Crippen LogP contribution in [0, 0.1) is 13.8 Å². The quantitative estimate of drug-likeness (QED) is 0.807. The number of hydrogen-bond donors (Lipinski definition) is 2. The number of aliphatic hydroxyl groups excluding tert-OH is 1. The van der Waals surface area contributed by atoms with Gasteiger partial charge in [0.2, 0.25) is 0 Å². The molecule has 2 N–H and O–H groups in total. The SMILES string of the molecule is CCCOc1c(C)cc(Cl)c(C)c1C(CCO)NC. The number of nitrogens with one attached hydrogen (secondary N) is 1. The summed E-state index contributed by atoms with van der Waals surface area (Å²) in [6.07, 6.45) is 1.60. The third-order valence-electron chi connectivity index (χ3n) is 3.27. The van der Waals surface area contributed by atoms with Crippen LogP contribution in [0.2, 0.25) is 5.02 Å². The van der Waals surface area contributed by atoms with Crippen LogP contribution in [0.4, 0.5) is 0 Å². The van der Waals surface area contributed by atoms with E-state index < -0.39 is 0 Å². The predicted octanol–water partition coefficient (Wildman–Crippen LogP) is 3.39. The van der Waals surface area contributed by atoms with E-state index >= 15 is 0 Å². The fourth-order valence-corrected chi connectivity index (χ4v) is 2.52. The average Bonchev–Trinajstić information content (AvgIpc) is 2.39. The van der Waals surface area contributed by atoms with Gasteiger partial charge in [-0.25, -0.2) is 0 Å². The molecular formula is C15H24ClNO2. The molecule has 0 radical (unpaired) electrons. The van der Waals surface area contributed by atoms with Gasteiger partial charge in [-0.05, 0) is 50.9 Å². The highest BCUT2D eigenvalue weighted by Crippen LogP contribution is 2.37. The molecule has 0 amide bonds. The molecule has 0 aromatic heterocycles. The van der Waals surface area contributed by atoms with Gasteiger partial charge in [-0.15, -0.1) is 0 Å². The fraction of sp³-hybridized carbons (Fsp3) is 0.600. The van der Waals surface area contributed by atoms with Gasteiger partial charge in [-0.3, -0.25) is 0 Å². The molecular weight excluding hydrogens is 262 g/mol. The van der Waals surface area contributed by atoms with Crippen molar-refractivity contribution in [2.24, 2.45) is 0 Å². The Hall–Kier alpha value is -0.770. The van der Waals surface area contributed by atoms with Crippen molar-refractivity contribution >= 4 is 11.6 Å². The van der Waals surface area contributed by atoms with E-state index in [4.69, 9.17) is 16.3 Å². The van der Waals surface area contributed by atoms with Gasteiger partial charge < -0.3 is 15.2 Å². The summed E-state index contributed by atoms with van der Waals surface area (Å²) >= 11 is 6.28. The Kier molecular flexibility index (Phi) is 6.63. The normalized spacial score (nSPS) is 12.5. The number of aliphatic hydroxyl groups is 1. The molecule has 1 unspecified atom stereocenters. The highest BCUT2D eigenvalue weighted by atomic mass is 35.5. The molecule has 0 fully saturated rings. The van der Waals surface area contributed by atoms with Gasteiger partial charge in [0.1, 0.15) is 5.75 Å². The van der Waals surface area contributed by atoms with Crippen molar-refractivity contribution in [2.45, 2.75) is 39.7 Å². The van der Waals surface area contributed by atoms with Crippen LogP contribution in [-0.4, -0.2) is 25.4 Å². The lowest BCUT2D eigenvalue weighted by molar-refractivity contribution is 0.263. The number of ether oxygens (including phenoxy) is 1. The van der Waals surface area contributed by atoms with Gasteiger partial charge in [0.25, 0.3) is 0 Å². The summed E-state index contributed by atoms with van der Waals surface area (Å²) in [5, 5.41) is 13.2. The van der Waals surface area contributed by atoms with Crippen LogP contribution in [0.1, 0.15) is 42.5 Å². The number of rotatable bonds is 7. The van der Waals surface area contributed by atoms with Crippen molar-refractivity contribution in [3.63, 3.8) is 0 Å². The first kappa shape index (κ1) is 16.3. The summed E-state index contributed by atoms with van der Waals surface area (Å²) in [6, 6.07) is 1.99. The smallest absolute Gasteiger partial charge is 0.127 e. The van der Waals surface area contributed by atoms with E-state index in [1.165, 1.54) is 0 Å². The number of halogens is 1. The van der Waals surface area contributed by atoms with Crippen molar-refractivity contribution in [2.75, 3.05) is 20.3 Å². The number of benzene rings is 1. The Balaban J connectivity index is 3.29. The van der Waals surface area contributed by atoms with Gasteiger partial charge in [0.15, 0.2) is 0 Å². The molecule has 1 atom stereocenters. The van der Waals surface area contributed by atoms with Gasteiger partial charge in [0, 0.05) is 23.2 Å². The lowest BCUT2D eigenvalue weighted by atomic mass is 9.95. The zero-order valence-electron chi connectivity index (χ0n) is 12.2. The minimum atomic E-state index is 0.0502. The predicted molar refractivity (Wildman–Crippen MR) is 80.2 cm³/mol. The maximum absolute atomic E-state index is 9.21. The Morgan fingerprint density at radius 1 is 1.42 bits per heavy atom. The molecule has 0 aliphatic rings. The second kappa shape index (κ2) is 7.73. The van der Waals surface area contributed by atoms with Crippen molar-refractivity contribution in [3.05, 3.63) is 27.8 Å². The average molecular weight is 286 g/mol. The first-order valence-electron chi connectivity index (χ1n) is 6.77. The molecule has 0 heterocycles. The van der Waals surface area contributed by atoms with E-state index in [0.29, 0.717) is 13.0 Å². The van der Waals surface area contributed by atoms with Crippen LogP contribution in [-0.2, 0) is 0 Å². The van der Waals surface area contributed by atoms with Crippen molar-refractivity contribution in [3.8, 4) is 5.75 Å². The molecule has 0 bridgehead atoms. The molecule has 0 saturated carbocycles. The Morgan fingerprint density at radius 3 is 2.63 bits per heavy atom. The van der Waals surface area contributed by atoms with Crippen molar-refractivity contribution in [1.29, 1.82) is 0 Å². The van der Waals surface area contributed by atoms with E-state index in [1.54, 1.807) is 0 Å². The van der Waals surface area contributed by atoms with Gasteiger partial charge in [0.05, 0.1) is 6.61 Å². The van der Waals surface area contributed by atoms with E-state index in [-0.39, 0.29) is 12.6 Å². The fourth-order valence-electron chi connectivity index (χ4n) is 2.25. The van der Waals surface area contributed by atoms with Crippen LogP contribution < -0.4 is 10.1 Å². The Bertz CT molecular complexity index is 421. The van der Waals surface area contributed by atoms with Crippen LogP contribution in [0.25, 0.3) is 0 Å². The molecule has 1 rings (SSSR count). The van der Waals surface area contributed by atoms with Gasteiger partial charge >= 0.3 is 0 Å². The topological polar surface area (TPSA) is 41.5 Å². The van der Waals surface area contributed by atoms with E-state index in [1.807, 2.05) is 27.0 Å². The second-order valence-corrected chi connectivity index (χ2v) is 5.15. The van der Waals surface area contributed by atoms with E-state index in [2.05, 4.69) is 12.2 Å². The van der Waals surface area contributed by atoms with Crippen LogP contribution >= 0.6 is 11.6 Å². The molecule has 108 valence electrons. The van der Waals surface area contributed by atoms with E-state index in [9.17, 15) is 5.11 Å². The summed E-state index contributed by atoms with van der Waals surface area (Å²) in [7, 11) is 1.89. The molecule has 0 aliphatic heterocycles. The number of hydrogen-bond acceptors (Lipinski definition) is 3. The largest absolute Gasteiger partial charge is 0.493 e. The molecule has 0 spiro atoms. The summed E-state index contributed by atoms with van der Waals surface area (Å²) in [4.78, 5) is 0. The van der Waals surface area contributed by atoms with Crippen LogP contribution in [0.5, 0.6) is 5.75 Å². The molecule has 3 nitrogen and oxygen atoms in total. The lowest BCUT2D eigenvalue weighted by Gasteiger charge is -2.24. The first-order valence-corrected chi connectivity index (χ1v) is 7.15. The maximum Gasteiger partial charge on any atom is 0.127 e. The number of aryl methyl sites for hydroxylation is 1. The minimum Gasteiger partial charge on any atom is -0.493 e. The third kappa shape index (κ3) is 3.85. The Morgan fingerprint density at radius 2 is 2.11 bits per heavy atom. The summed E-state index contributed by atoms with van der Waals surface area (Å²) < 4.78 is 5.90. The van der Waals surface area contributed by atoms with Gasteiger partial charge in [-0.2, -0.15) is 0 Å². The highest BCUT2D eigenvalue weighted by molar-refractivity contribution is 6.31. The summed E-state index contributed by atoms with van der Waals surface area (Å²) in [6.45, 7) is 6.90. The maximum atomic E-state index is 9.21. The van der Waals surface area contributed by atoms with Crippen LogP contribution in [0.15, 0.2) is 6.07 Å². The van der Waals surface area contributed by atoms with E-state index in [0.717, 1.165) is 33.9 Å². The highest BCUT2D eigenvalue weighted by Gasteiger charge is 2.21. The Labute approximate surface area is 120 Å². The van der Waals surface area contributed by atoms with Crippen LogP contribution in [0.3, 0.4) is 0 Å². The summed E-state index contributed by atoms with van der Waals surface area (Å²) in [5.41, 5.74) is 3.12. The standard InChI is InChI=1S/C15H24ClNO2/c1-5-8-19-15-10(2)9-12(16)11(3)14(15)13(17-4)6-7-18/h9,13,17-18H,5-8H2,1-4H3. The first-order chi connectivity index (χ1) is 9.06. The van der Waals surface area contributed by atoms with Crippen molar-refractivity contribution < 1.29 is 9.84 Å². The van der Waals surface area contributed by atoms with Crippen molar-refractivity contribution in [1.82, 2.24) is 5.32 Å². The molecule has 1 aromatic carbocycles. The lowest BCUT2D eigenvalue weighted by Crippen LogP contribution is -2.20. The third-order valence-corrected chi connectivity index (χ3v) is 3.67. The molecule has 0 aliphatic carbocycles. The zero-order chi connectivity index (χ0) is 14.4. The van der Waals surface area contributed by atoms with Gasteiger partial charge in [-0.1, -0.05) is 18.5 Å². The molecule has 4 heteroatoms. The second-order valence-electron chi connectivity index (χ2n) is 4.75. The molecule has 0 saturated heterocycles. The molecule has 1 aromatic rings.